The van der Waals surface area contributed by atoms with Crippen LogP contribution in [0.1, 0.15) is 95.7 Å². The molecular formula is C36H36O2S6. The van der Waals surface area contributed by atoms with E-state index in [1.807, 2.05) is 22.7 Å². The maximum atomic E-state index is 12.1. The van der Waals surface area contributed by atoms with Crippen LogP contribution in [0.5, 0.6) is 0 Å². The van der Waals surface area contributed by atoms with Gasteiger partial charge in [0.05, 0.1) is 9.75 Å². The zero-order valence-electron chi connectivity index (χ0n) is 25.1. The van der Waals surface area contributed by atoms with E-state index in [9.17, 15) is 9.59 Å². The fourth-order valence-corrected chi connectivity index (χ4v) is 12.6. The molecule has 0 aliphatic heterocycles. The molecule has 0 saturated carbocycles. The Balaban J connectivity index is 1.21. The summed E-state index contributed by atoms with van der Waals surface area (Å²) >= 11 is 10.6. The lowest BCUT2D eigenvalue weighted by Gasteiger charge is -1.96. The molecule has 0 aromatic carbocycles. The van der Waals surface area contributed by atoms with Gasteiger partial charge in [-0.1, -0.05) is 52.4 Å². The second kappa shape index (κ2) is 14.9. The first-order valence-corrected chi connectivity index (χ1v) is 20.4. The predicted octanol–water partition coefficient (Wildman–Crippen LogP) is 13.7. The molecule has 0 fully saturated rings. The normalized spacial score (nSPS) is 11.6. The molecule has 0 spiro atoms. The number of fused-ring (bicyclic) bond motifs is 1. The predicted molar refractivity (Wildman–Crippen MR) is 199 cm³/mol. The lowest BCUT2D eigenvalue weighted by atomic mass is 10.1. The minimum Gasteiger partial charge on any atom is -0.298 e. The van der Waals surface area contributed by atoms with Crippen molar-refractivity contribution >= 4 is 90.0 Å². The van der Waals surface area contributed by atoms with Crippen LogP contribution < -0.4 is 0 Å². The van der Waals surface area contributed by atoms with Crippen molar-refractivity contribution in [3.05, 3.63) is 69.4 Å². The van der Waals surface area contributed by atoms with Crippen LogP contribution in [0.2, 0.25) is 0 Å². The third-order valence-electron chi connectivity index (χ3n) is 7.79. The average molecular weight is 693 g/mol. The number of aryl methyl sites for hydroxylation is 2. The molecule has 0 aliphatic carbocycles. The SMILES string of the molecule is CCCCCCc1ccc(-c2cc(C=O)c(-c3cc4sc(-c5sc(-c6ccc(CCCCCC)s6)cc5C=O)cc4s3)s2)s1. The van der Waals surface area contributed by atoms with E-state index < -0.39 is 0 Å². The standard InChI is InChI=1S/C36H36O2S6/c1-3-5-7-9-11-25-13-15-27(39-25)29-17-23(21-37)35(43-29)33-19-31-32(41-33)20-34(42-31)36-24(22-38)18-30(44-36)28-16-14-26(40-28)12-10-8-6-4-2/h13-22H,3-12H2,1-2H3. The smallest absolute Gasteiger partial charge is 0.151 e. The monoisotopic (exact) mass is 692 g/mol. The largest absolute Gasteiger partial charge is 0.298 e. The van der Waals surface area contributed by atoms with Gasteiger partial charge in [-0.25, -0.2) is 0 Å². The summed E-state index contributed by atoms with van der Waals surface area (Å²) in [5.74, 6) is 0. The second-order valence-corrected chi connectivity index (χ2v) is 17.7. The van der Waals surface area contributed by atoms with Crippen molar-refractivity contribution in [2.75, 3.05) is 0 Å². The van der Waals surface area contributed by atoms with Gasteiger partial charge in [0.2, 0.25) is 0 Å². The van der Waals surface area contributed by atoms with Gasteiger partial charge in [0.1, 0.15) is 0 Å². The van der Waals surface area contributed by atoms with Crippen LogP contribution in [0.15, 0.2) is 48.5 Å². The summed E-state index contributed by atoms with van der Waals surface area (Å²) in [7, 11) is 0. The van der Waals surface area contributed by atoms with Gasteiger partial charge in [-0.05, 0) is 74.2 Å². The van der Waals surface area contributed by atoms with E-state index in [1.54, 1.807) is 45.3 Å². The maximum absolute atomic E-state index is 12.1. The van der Waals surface area contributed by atoms with Crippen LogP contribution in [-0.4, -0.2) is 12.6 Å². The van der Waals surface area contributed by atoms with Gasteiger partial charge in [-0.3, -0.25) is 9.59 Å². The Hall–Kier alpha value is -2.20. The molecule has 0 saturated heterocycles. The van der Waals surface area contributed by atoms with Crippen molar-refractivity contribution in [2.24, 2.45) is 0 Å². The molecule has 2 nitrogen and oxygen atoms in total. The van der Waals surface area contributed by atoms with E-state index >= 15 is 0 Å². The summed E-state index contributed by atoms with van der Waals surface area (Å²) < 4.78 is 2.41. The van der Waals surface area contributed by atoms with E-state index in [4.69, 9.17) is 0 Å². The first-order valence-electron chi connectivity index (χ1n) is 15.5. The van der Waals surface area contributed by atoms with Gasteiger partial charge in [0.15, 0.2) is 12.6 Å². The van der Waals surface area contributed by atoms with Crippen molar-refractivity contribution < 1.29 is 9.59 Å². The van der Waals surface area contributed by atoms with Crippen molar-refractivity contribution in [1.82, 2.24) is 0 Å². The van der Waals surface area contributed by atoms with Crippen LogP contribution in [0, 0.1) is 0 Å². The first kappa shape index (κ1) is 31.8. The molecule has 6 rings (SSSR count). The molecule has 0 bridgehead atoms. The highest BCUT2D eigenvalue weighted by Gasteiger charge is 2.20. The van der Waals surface area contributed by atoms with Crippen molar-refractivity contribution in [2.45, 2.75) is 78.1 Å². The third kappa shape index (κ3) is 7.11. The topological polar surface area (TPSA) is 34.1 Å². The molecule has 0 radical (unpaired) electrons. The lowest BCUT2D eigenvalue weighted by Crippen LogP contribution is -1.80. The summed E-state index contributed by atoms with van der Waals surface area (Å²) in [5.41, 5.74) is 1.53. The summed E-state index contributed by atoms with van der Waals surface area (Å²) in [4.78, 5) is 36.3. The van der Waals surface area contributed by atoms with E-state index in [1.165, 1.54) is 90.0 Å². The van der Waals surface area contributed by atoms with E-state index in [-0.39, 0.29) is 0 Å². The van der Waals surface area contributed by atoms with Crippen LogP contribution in [0.4, 0.5) is 0 Å². The van der Waals surface area contributed by atoms with Gasteiger partial charge in [-0.2, -0.15) is 0 Å². The molecule has 0 atom stereocenters. The second-order valence-electron chi connectivity index (χ2n) is 11.1. The highest BCUT2D eigenvalue weighted by molar-refractivity contribution is 7.34. The Bertz CT molecular complexity index is 1690. The molecule has 0 unspecified atom stereocenters. The van der Waals surface area contributed by atoms with Gasteiger partial charge in [0, 0.05) is 59.5 Å². The van der Waals surface area contributed by atoms with E-state index in [0.717, 1.165) is 56.0 Å². The average Bonchev–Trinajstić information content (AvgIpc) is 3.86. The number of carbonyl (C=O) groups excluding carboxylic acids is 2. The molecule has 6 aromatic rings. The molecular weight excluding hydrogens is 657 g/mol. The number of hydrogen-bond acceptors (Lipinski definition) is 8. The molecule has 6 aromatic heterocycles. The summed E-state index contributed by atoms with van der Waals surface area (Å²) in [6.07, 6.45) is 14.5. The van der Waals surface area contributed by atoms with Crippen LogP contribution in [0.3, 0.4) is 0 Å². The van der Waals surface area contributed by atoms with Crippen LogP contribution in [-0.2, 0) is 12.8 Å². The minimum atomic E-state index is 0.767. The Kier molecular flexibility index (Phi) is 10.8. The zero-order valence-corrected chi connectivity index (χ0v) is 30.0. The van der Waals surface area contributed by atoms with Crippen molar-refractivity contribution in [3.63, 3.8) is 0 Å². The Morgan fingerprint density at radius 1 is 0.477 bits per heavy atom. The number of unbranched alkanes of at least 4 members (excludes halogenated alkanes) is 6. The Morgan fingerprint density at radius 3 is 1.34 bits per heavy atom. The number of aldehydes is 2. The van der Waals surface area contributed by atoms with Crippen molar-refractivity contribution in [3.8, 4) is 39.0 Å². The highest BCUT2D eigenvalue weighted by atomic mass is 32.1. The van der Waals surface area contributed by atoms with Crippen LogP contribution in [0.25, 0.3) is 48.4 Å². The van der Waals surface area contributed by atoms with Gasteiger partial charge in [-0.15, -0.1) is 68.0 Å². The molecule has 0 N–H and O–H groups in total. The van der Waals surface area contributed by atoms with Crippen LogP contribution >= 0.6 is 68.0 Å². The number of rotatable bonds is 16. The molecule has 228 valence electrons. The quantitative estimate of drug-likeness (QED) is 0.0747. The van der Waals surface area contributed by atoms with Gasteiger partial charge >= 0.3 is 0 Å². The fourth-order valence-electron chi connectivity index (χ4n) is 5.41. The highest BCUT2D eigenvalue weighted by Crippen LogP contribution is 2.49. The Morgan fingerprint density at radius 2 is 0.932 bits per heavy atom. The fraction of sp³-hybridized carbons (Fsp3) is 0.333. The number of thiophene rings is 6. The lowest BCUT2D eigenvalue weighted by molar-refractivity contribution is 0.111. The van der Waals surface area contributed by atoms with E-state index in [0.29, 0.717) is 0 Å². The maximum Gasteiger partial charge on any atom is 0.151 e. The summed E-state index contributed by atoms with van der Waals surface area (Å²) in [6.45, 7) is 4.50. The zero-order chi connectivity index (χ0) is 30.5. The molecule has 6 heterocycles. The third-order valence-corrected chi connectivity index (χ3v) is 15.4. The van der Waals surface area contributed by atoms with E-state index in [2.05, 4.69) is 62.4 Å². The molecule has 44 heavy (non-hydrogen) atoms. The Labute approximate surface area is 284 Å². The minimum absolute atomic E-state index is 0.767. The van der Waals surface area contributed by atoms with Crippen molar-refractivity contribution in [1.29, 1.82) is 0 Å². The number of carbonyl (C=O) groups is 2. The molecule has 8 heteroatoms. The summed E-state index contributed by atoms with van der Waals surface area (Å²) in [6, 6.07) is 17.5. The molecule has 0 amide bonds. The van der Waals surface area contributed by atoms with Gasteiger partial charge < -0.3 is 0 Å². The summed E-state index contributed by atoms with van der Waals surface area (Å²) in [5, 5.41) is 0. The first-order chi connectivity index (χ1) is 21.6. The molecule has 0 aliphatic rings. The number of hydrogen-bond donors (Lipinski definition) is 0. The van der Waals surface area contributed by atoms with Gasteiger partial charge in [0.25, 0.3) is 0 Å².